The van der Waals surface area contributed by atoms with Crippen molar-refractivity contribution in [2.75, 3.05) is 26.2 Å². The molecule has 0 radical (unpaired) electrons. The van der Waals surface area contributed by atoms with Crippen LogP contribution in [-0.2, 0) is 0 Å². The fraction of sp³-hybridized carbons (Fsp3) is 1.00. The molecule has 1 aliphatic heterocycles. The molecule has 2 fully saturated rings. The lowest BCUT2D eigenvalue weighted by atomic mass is 9.75. The summed E-state index contributed by atoms with van der Waals surface area (Å²) in [6.45, 7) is 10.1. The summed E-state index contributed by atoms with van der Waals surface area (Å²) in [5.41, 5.74) is 0.572. The van der Waals surface area contributed by atoms with Gasteiger partial charge in [0.05, 0.1) is 0 Å². The standard InChI is InChI=1S/C16H32N2/c1-16(2)9-6-8-15(14-16)17-10-7-13-18-11-4-3-5-12-18/h15,17H,3-14H2,1-2H3. The van der Waals surface area contributed by atoms with Gasteiger partial charge >= 0.3 is 0 Å². The maximum absolute atomic E-state index is 3.79. The SMILES string of the molecule is CC1(C)CCCC(NCCCN2CCCCC2)C1. The Bertz CT molecular complexity index is 231. The van der Waals surface area contributed by atoms with Crippen LogP contribution >= 0.6 is 0 Å². The van der Waals surface area contributed by atoms with Crippen molar-refractivity contribution in [2.24, 2.45) is 5.41 Å². The quantitative estimate of drug-likeness (QED) is 0.754. The average molecular weight is 252 g/mol. The van der Waals surface area contributed by atoms with Crippen molar-refractivity contribution in [2.45, 2.75) is 71.3 Å². The van der Waals surface area contributed by atoms with Crippen LogP contribution in [0.2, 0.25) is 0 Å². The maximum atomic E-state index is 3.79. The molecule has 2 rings (SSSR count). The Morgan fingerprint density at radius 3 is 2.61 bits per heavy atom. The highest BCUT2D eigenvalue weighted by Crippen LogP contribution is 2.34. The lowest BCUT2D eigenvalue weighted by Gasteiger charge is -2.36. The Balaban J connectivity index is 1.54. The van der Waals surface area contributed by atoms with E-state index >= 15 is 0 Å². The minimum absolute atomic E-state index is 0.572. The van der Waals surface area contributed by atoms with Gasteiger partial charge in [-0.1, -0.05) is 26.7 Å². The fourth-order valence-electron chi connectivity index (χ4n) is 3.66. The third-order valence-corrected chi connectivity index (χ3v) is 4.74. The van der Waals surface area contributed by atoms with Crippen LogP contribution in [0.4, 0.5) is 0 Å². The van der Waals surface area contributed by atoms with Crippen molar-refractivity contribution in [1.29, 1.82) is 0 Å². The van der Waals surface area contributed by atoms with Gasteiger partial charge in [0.25, 0.3) is 0 Å². The van der Waals surface area contributed by atoms with Crippen LogP contribution in [0, 0.1) is 5.41 Å². The van der Waals surface area contributed by atoms with Gasteiger partial charge in [-0.05, 0) is 70.1 Å². The highest BCUT2D eigenvalue weighted by Gasteiger charge is 2.27. The molecule has 1 aliphatic carbocycles. The number of rotatable bonds is 5. The van der Waals surface area contributed by atoms with Gasteiger partial charge in [0.1, 0.15) is 0 Å². The molecular formula is C16H32N2. The molecule has 2 heteroatoms. The largest absolute Gasteiger partial charge is 0.314 e. The Kier molecular flexibility index (Phi) is 5.50. The first-order valence-corrected chi connectivity index (χ1v) is 8.11. The lowest BCUT2D eigenvalue weighted by molar-refractivity contribution is 0.192. The van der Waals surface area contributed by atoms with E-state index in [9.17, 15) is 0 Å². The molecule has 1 atom stereocenters. The van der Waals surface area contributed by atoms with E-state index in [1.165, 1.54) is 77.5 Å². The summed E-state index contributed by atoms with van der Waals surface area (Å²) in [4.78, 5) is 2.65. The molecule has 1 saturated carbocycles. The second-order valence-corrected chi connectivity index (χ2v) is 7.17. The normalized spacial score (nSPS) is 29.3. The second kappa shape index (κ2) is 6.91. The average Bonchev–Trinajstić information content (AvgIpc) is 2.35. The molecule has 0 amide bonds. The van der Waals surface area contributed by atoms with Crippen molar-refractivity contribution < 1.29 is 0 Å². The molecule has 1 N–H and O–H groups in total. The number of nitrogens with zero attached hydrogens (tertiary/aromatic N) is 1. The molecule has 1 unspecified atom stereocenters. The van der Waals surface area contributed by atoms with Crippen LogP contribution in [0.3, 0.4) is 0 Å². The first-order chi connectivity index (χ1) is 8.66. The third kappa shape index (κ3) is 4.89. The van der Waals surface area contributed by atoms with E-state index in [4.69, 9.17) is 0 Å². The Morgan fingerprint density at radius 2 is 1.89 bits per heavy atom. The second-order valence-electron chi connectivity index (χ2n) is 7.17. The zero-order valence-electron chi connectivity index (χ0n) is 12.5. The van der Waals surface area contributed by atoms with Crippen LogP contribution in [-0.4, -0.2) is 37.1 Å². The zero-order chi connectivity index (χ0) is 12.8. The molecule has 0 aromatic heterocycles. The monoisotopic (exact) mass is 252 g/mol. The zero-order valence-corrected chi connectivity index (χ0v) is 12.5. The minimum Gasteiger partial charge on any atom is -0.314 e. The van der Waals surface area contributed by atoms with Gasteiger partial charge in [-0.3, -0.25) is 0 Å². The summed E-state index contributed by atoms with van der Waals surface area (Å²) < 4.78 is 0. The van der Waals surface area contributed by atoms with Crippen molar-refractivity contribution in [3.05, 3.63) is 0 Å². The number of piperidine rings is 1. The van der Waals surface area contributed by atoms with Crippen LogP contribution in [0.5, 0.6) is 0 Å². The van der Waals surface area contributed by atoms with Gasteiger partial charge < -0.3 is 10.2 Å². The lowest BCUT2D eigenvalue weighted by Crippen LogP contribution is -2.39. The van der Waals surface area contributed by atoms with E-state index < -0.39 is 0 Å². The summed E-state index contributed by atoms with van der Waals surface area (Å²) >= 11 is 0. The molecule has 0 aromatic rings. The van der Waals surface area contributed by atoms with E-state index in [-0.39, 0.29) is 0 Å². The number of nitrogens with one attached hydrogen (secondary N) is 1. The van der Waals surface area contributed by atoms with Crippen molar-refractivity contribution in [3.63, 3.8) is 0 Å². The molecule has 1 heterocycles. The Morgan fingerprint density at radius 1 is 1.11 bits per heavy atom. The number of likely N-dealkylation sites (tertiary alicyclic amines) is 1. The van der Waals surface area contributed by atoms with E-state index in [0.717, 1.165) is 6.04 Å². The van der Waals surface area contributed by atoms with E-state index in [0.29, 0.717) is 5.41 Å². The summed E-state index contributed by atoms with van der Waals surface area (Å²) in [6.07, 6.45) is 11.2. The van der Waals surface area contributed by atoms with E-state index in [2.05, 4.69) is 24.1 Å². The van der Waals surface area contributed by atoms with Crippen molar-refractivity contribution in [3.8, 4) is 0 Å². The van der Waals surface area contributed by atoms with E-state index in [1.54, 1.807) is 0 Å². The van der Waals surface area contributed by atoms with E-state index in [1.807, 2.05) is 0 Å². The first kappa shape index (κ1) is 14.3. The van der Waals surface area contributed by atoms with Crippen LogP contribution < -0.4 is 5.32 Å². The van der Waals surface area contributed by atoms with Gasteiger partial charge in [0.2, 0.25) is 0 Å². The van der Waals surface area contributed by atoms with Crippen LogP contribution in [0.25, 0.3) is 0 Å². The Labute approximate surface area is 114 Å². The molecule has 0 aromatic carbocycles. The molecule has 18 heavy (non-hydrogen) atoms. The summed E-state index contributed by atoms with van der Waals surface area (Å²) in [7, 11) is 0. The number of hydrogen-bond acceptors (Lipinski definition) is 2. The van der Waals surface area contributed by atoms with Gasteiger partial charge in [0, 0.05) is 6.04 Å². The van der Waals surface area contributed by atoms with Crippen molar-refractivity contribution >= 4 is 0 Å². The predicted molar refractivity (Wildman–Crippen MR) is 78.9 cm³/mol. The fourth-order valence-corrected chi connectivity index (χ4v) is 3.66. The summed E-state index contributed by atoms with van der Waals surface area (Å²) in [5.74, 6) is 0. The summed E-state index contributed by atoms with van der Waals surface area (Å²) in [6, 6.07) is 0.787. The molecule has 0 bridgehead atoms. The van der Waals surface area contributed by atoms with Gasteiger partial charge in [-0.25, -0.2) is 0 Å². The molecule has 2 aliphatic rings. The Hall–Kier alpha value is -0.0800. The van der Waals surface area contributed by atoms with Crippen LogP contribution in [0.1, 0.15) is 65.2 Å². The number of hydrogen-bond donors (Lipinski definition) is 1. The van der Waals surface area contributed by atoms with Crippen LogP contribution in [0.15, 0.2) is 0 Å². The van der Waals surface area contributed by atoms with Gasteiger partial charge in [-0.15, -0.1) is 0 Å². The van der Waals surface area contributed by atoms with Gasteiger partial charge in [-0.2, -0.15) is 0 Å². The molecule has 106 valence electrons. The molecule has 0 spiro atoms. The van der Waals surface area contributed by atoms with Crippen molar-refractivity contribution in [1.82, 2.24) is 10.2 Å². The maximum Gasteiger partial charge on any atom is 0.00721 e. The minimum atomic E-state index is 0.572. The predicted octanol–water partition coefficient (Wildman–Crippen LogP) is 3.42. The smallest absolute Gasteiger partial charge is 0.00721 e. The highest BCUT2D eigenvalue weighted by atomic mass is 15.1. The van der Waals surface area contributed by atoms with Gasteiger partial charge in [0.15, 0.2) is 0 Å². The third-order valence-electron chi connectivity index (χ3n) is 4.74. The highest BCUT2D eigenvalue weighted by molar-refractivity contribution is 4.83. The first-order valence-electron chi connectivity index (χ1n) is 8.11. The molecular weight excluding hydrogens is 220 g/mol. The molecule has 2 nitrogen and oxygen atoms in total. The molecule has 1 saturated heterocycles. The summed E-state index contributed by atoms with van der Waals surface area (Å²) in [5, 5.41) is 3.79. The topological polar surface area (TPSA) is 15.3 Å².